The van der Waals surface area contributed by atoms with Gasteiger partial charge in [-0.2, -0.15) is 8.42 Å². The molecule has 292 valence electrons. The van der Waals surface area contributed by atoms with Crippen LogP contribution in [0.3, 0.4) is 0 Å². The summed E-state index contributed by atoms with van der Waals surface area (Å²) in [4.78, 5) is 0. The molecule has 0 N–H and O–H groups in total. The van der Waals surface area contributed by atoms with Crippen molar-refractivity contribution in [2.24, 2.45) is 46.3 Å². The van der Waals surface area contributed by atoms with Crippen LogP contribution >= 0.6 is 0 Å². The molecule has 9 nitrogen and oxygen atoms in total. The van der Waals surface area contributed by atoms with Crippen molar-refractivity contribution < 1.29 is 41.0 Å². The molecule has 0 unspecified atom stereocenters. The van der Waals surface area contributed by atoms with E-state index < -0.39 is 10.1 Å². The van der Waals surface area contributed by atoms with Gasteiger partial charge in [0.25, 0.3) is 10.1 Å². The van der Waals surface area contributed by atoms with Gasteiger partial charge in [0.15, 0.2) is 0 Å². The van der Waals surface area contributed by atoms with Gasteiger partial charge in [0, 0.05) is 0 Å². The first kappa shape index (κ1) is 42.2. The summed E-state index contributed by atoms with van der Waals surface area (Å²) in [5, 5.41) is 0. The van der Waals surface area contributed by atoms with E-state index in [0.717, 1.165) is 48.2 Å². The Labute approximate surface area is 305 Å². The van der Waals surface area contributed by atoms with Crippen LogP contribution in [0, 0.1) is 46.3 Å². The van der Waals surface area contributed by atoms with E-state index in [0.29, 0.717) is 83.0 Å². The van der Waals surface area contributed by atoms with Gasteiger partial charge in [0.1, 0.15) is 0 Å². The van der Waals surface area contributed by atoms with E-state index in [1.165, 1.54) is 64.2 Å². The predicted octanol–water partition coefficient (Wildman–Crippen LogP) is 7.47. The van der Waals surface area contributed by atoms with Crippen LogP contribution < -0.4 is 0 Å². The molecule has 0 aromatic carbocycles. The lowest BCUT2D eigenvalue weighted by Gasteiger charge is -2.58. The third-order valence-electron chi connectivity index (χ3n) is 12.9. The molecule has 0 aromatic rings. The first-order valence-electron chi connectivity index (χ1n) is 20.0. The molecular formula is C40H72O9S. The highest BCUT2D eigenvalue weighted by Crippen LogP contribution is 2.67. The molecule has 4 aliphatic rings. The summed E-state index contributed by atoms with van der Waals surface area (Å²) in [6, 6.07) is 0. The normalized spacial score (nSPS) is 31.7. The Kier molecular flexibility index (Phi) is 17.5. The number of hydrogen-bond acceptors (Lipinski definition) is 9. The van der Waals surface area contributed by atoms with Crippen molar-refractivity contribution >= 4 is 10.1 Å². The topological polar surface area (TPSA) is 98.8 Å². The second kappa shape index (κ2) is 20.8. The van der Waals surface area contributed by atoms with E-state index in [2.05, 4.69) is 44.9 Å². The van der Waals surface area contributed by atoms with E-state index in [-0.39, 0.29) is 13.2 Å². The highest BCUT2D eigenvalue weighted by atomic mass is 32.2. The maximum atomic E-state index is 10.8. The molecule has 0 aliphatic heterocycles. The molecule has 0 amide bonds. The van der Waals surface area contributed by atoms with Crippen LogP contribution in [0.1, 0.15) is 105 Å². The van der Waals surface area contributed by atoms with Gasteiger partial charge < -0.3 is 28.4 Å². The maximum absolute atomic E-state index is 10.8. The first-order chi connectivity index (χ1) is 23.9. The van der Waals surface area contributed by atoms with Crippen LogP contribution in [0.25, 0.3) is 0 Å². The van der Waals surface area contributed by atoms with Gasteiger partial charge in [-0.3, -0.25) is 4.18 Å². The van der Waals surface area contributed by atoms with Crippen molar-refractivity contribution in [2.75, 3.05) is 85.5 Å². The molecule has 8 atom stereocenters. The maximum Gasteiger partial charge on any atom is 0.264 e. The molecule has 0 bridgehead atoms. The molecule has 3 saturated carbocycles. The third kappa shape index (κ3) is 12.5. The SMILES string of the molecule is CC(C)CCC[C@@H](C)[C@H]1CC[C@H]2[C@@H]3CC=C4C[C@H](OCCOCCOCCOCCOCCOCCOS(C)(=O)=O)CC[C@]4(C)[C@H]3CC[C@]12C. The fraction of sp³-hybridized carbons (Fsp3) is 0.950. The van der Waals surface area contributed by atoms with Crippen LogP contribution in [0.2, 0.25) is 0 Å². The molecule has 10 heteroatoms. The fourth-order valence-corrected chi connectivity index (χ4v) is 10.7. The van der Waals surface area contributed by atoms with E-state index >= 15 is 0 Å². The Bertz CT molecular complexity index is 1110. The molecule has 4 rings (SSSR count). The van der Waals surface area contributed by atoms with Gasteiger partial charge in [-0.1, -0.05) is 65.5 Å². The van der Waals surface area contributed by atoms with Gasteiger partial charge in [0.2, 0.25) is 0 Å². The molecule has 50 heavy (non-hydrogen) atoms. The number of fused-ring (bicyclic) bond motifs is 5. The minimum Gasteiger partial charge on any atom is -0.377 e. The second-order valence-electron chi connectivity index (χ2n) is 16.6. The summed E-state index contributed by atoms with van der Waals surface area (Å²) in [5.74, 6) is 5.27. The Morgan fingerprint density at radius 1 is 0.720 bits per heavy atom. The van der Waals surface area contributed by atoms with E-state index in [1.54, 1.807) is 5.57 Å². The van der Waals surface area contributed by atoms with Crippen LogP contribution in [-0.4, -0.2) is 100 Å². The van der Waals surface area contributed by atoms with Crippen molar-refractivity contribution in [3.63, 3.8) is 0 Å². The summed E-state index contributed by atoms with van der Waals surface area (Å²) < 4.78 is 60.2. The Hall–Kier alpha value is -0.590. The van der Waals surface area contributed by atoms with Crippen LogP contribution in [0.5, 0.6) is 0 Å². The quantitative estimate of drug-likeness (QED) is 0.0539. The Morgan fingerprint density at radius 2 is 1.30 bits per heavy atom. The summed E-state index contributed by atoms with van der Waals surface area (Å²) in [6.07, 6.45) is 18.8. The van der Waals surface area contributed by atoms with E-state index in [4.69, 9.17) is 28.4 Å². The van der Waals surface area contributed by atoms with Crippen molar-refractivity contribution in [3.8, 4) is 0 Å². The lowest BCUT2D eigenvalue weighted by molar-refractivity contribution is -0.0692. The van der Waals surface area contributed by atoms with Crippen molar-refractivity contribution in [1.82, 2.24) is 0 Å². The van der Waals surface area contributed by atoms with Gasteiger partial charge in [0.05, 0.1) is 91.6 Å². The third-order valence-corrected chi connectivity index (χ3v) is 13.4. The smallest absolute Gasteiger partial charge is 0.264 e. The molecule has 0 saturated heterocycles. The second-order valence-corrected chi connectivity index (χ2v) is 18.3. The van der Waals surface area contributed by atoms with Crippen LogP contribution in [0.4, 0.5) is 0 Å². The average molecular weight is 729 g/mol. The zero-order chi connectivity index (χ0) is 36.0. The molecule has 0 radical (unpaired) electrons. The molecule has 0 heterocycles. The molecule has 0 aromatic heterocycles. The Balaban J connectivity index is 1.02. The van der Waals surface area contributed by atoms with Gasteiger partial charge in [-0.05, 0) is 97.7 Å². The zero-order valence-corrected chi connectivity index (χ0v) is 33.3. The van der Waals surface area contributed by atoms with Crippen molar-refractivity contribution in [1.29, 1.82) is 0 Å². The molecule has 3 fully saturated rings. The Morgan fingerprint density at radius 3 is 1.88 bits per heavy atom. The minimum atomic E-state index is -3.42. The van der Waals surface area contributed by atoms with Gasteiger partial charge >= 0.3 is 0 Å². The lowest BCUT2D eigenvalue weighted by atomic mass is 9.47. The van der Waals surface area contributed by atoms with Crippen molar-refractivity contribution in [2.45, 2.75) is 111 Å². The van der Waals surface area contributed by atoms with E-state index in [9.17, 15) is 8.42 Å². The van der Waals surface area contributed by atoms with Gasteiger partial charge in [-0.15, -0.1) is 0 Å². The lowest BCUT2D eigenvalue weighted by Crippen LogP contribution is -2.51. The number of rotatable bonds is 25. The minimum absolute atomic E-state index is 0.0129. The largest absolute Gasteiger partial charge is 0.377 e. The standard InChI is InChI=1S/C40H72O9S/c1-31(2)8-7-9-32(3)36-12-13-37-35-11-10-33-30-34(14-16-39(33,4)38(35)15-17-40(36,37)5)48-28-26-46-24-22-44-20-18-43-19-21-45-23-25-47-27-29-49-50(6,41)42/h10,31-32,34-38H,7-9,11-30H2,1-6H3/t32-,34-,35+,36-,37+,38+,39+,40-/m1/s1. The highest BCUT2D eigenvalue weighted by molar-refractivity contribution is 7.85. The van der Waals surface area contributed by atoms with Crippen molar-refractivity contribution in [3.05, 3.63) is 11.6 Å². The monoisotopic (exact) mass is 728 g/mol. The number of hydrogen-bond donors (Lipinski definition) is 0. The zero-order valence-electron chi connectivity index (χ0n) is 32.5. The molecule has 4 aliphatic carbocycles. The van der Waals surface area contributed by atoms with Crippen LogP contribution in [-0.2, 0) is 42.7 Å². The van der Waals surface area contributed by atoms with Gasteiger partial charge in [-0.25, -0.2) is 0 Å². The first-order valence-corrected chi connectivity index (χ1v) is 21.8. The summed E-state index contributed by atoms with van der Waals surface area (Å²) in [5.41, 5.74) is 2.61. The highest BCUT2D eigenvalue weighted by Gasteiger charge is 2.59. The number of ether oxygens (including phenoxy) is 6. The average Bonchev–Trinajstić information content (AvgIpc) is 3.42. The number of allylic oxidation sites excluding steroid dienone is 1. The van der Waals surface area contributed by atoms with Crippen LogP contribution in [0.15, 0.2) is 11.6 Å². The predicted molar refractivity (Wildman–Crippen MR) is 198 cm³/mol. The molecule has 0 spiro atoms. The summed E-state index contributed by atoms with van der Waals surface area (Å²) in [7, 11) is -3.42. The van der Waals surface area contributed by atoms with E-state index in [1.807, 2.05) is 0 Å². The fourth-order valence-electron chi connectivity index (χ4n) is 10.3. The summed E-state index contributed by atoms with van der Waals surface area (Å²) in [6.45, 7) is 17.9. The molecular weight excluding hydrogens is 656 g/mol. The summed E-state index contributed by atoms with van der Waals surface area (Å²) >= 11 is 0.